The maximum absolute atomic E-state index is 14.7. The van der Waals surface area contributed by atoms with E-state index in [1.165, 1.54) is 38.5 Å². The van der Waals surface area contributed by atoms with E-state index < -0.39 is 11.4 Å². The van der Waals surface area contributed by atoms with Crippen LogP contribution in [0.1, 0.15) is 77.4 Å². The fourth-order valence-corrected chi connectivity index (χ4v) is 4.49. The largest absolute Gasteiger partial charge is 0.490 e. The zero-order chi connectivity index (χ0) is 21.3. The highest BCUT2D eigenvalue weighted by Gasteiger charge is 2.21. The number of allylic oxidation sites excluding steroid dienone is 2. The van der Waals surface area contributed by atoms with Crippen LogP contribution < -0.4 is 10.4 Å². The minimum atomic E-state index is -0.611. The van der Waals surface area contributed by atoms with Crippen molar-refractivity contribution in [2.24, 2.45) is 11.8 Å². The molecule has 1 aliphatic carbocycles. The van der Waals surface area contributed by atoms with E-state index in [1.54, 1.807) is 12.1 Å². The zero-order valence-corrected chi connectivity index (χ0v) is 18.4. The second-order valence-electron chi connectivity index (χ2n) is 8.62. The molecule has 1 aromatic heterocycles. The summed E-state index contributed by atoms with van der Waals surface area (Å²) in [7, 11) is 0. The van der Waals surface area contributed by atoms with Gasteiger partial charge >= 0.3 is 5.63 Å². The first kappa shape index (κ1) is 22.6. The SMILES string of the molecule is C/C=C/CCC1CCC(CCc2cc3ccc(OCCCC)c(F)c3c(=O)o2)CC1. The molecule has 2 aromatic rings. The summed E-state index contributed by atoms with van der Waals surface area (Å²) >= 11 is 0. The predicted molar refractivity (Wildman–Crippen MR) is 121 cm³/mol. The molecule has 0 saturated heterocycles. The first-order chi connectivity index (χ1) is 14.6. The van der Waals surface area contributed by atoms with E-state index in [2.05, 4.69) is 19.1 Å². The van der Waals surface area contributed by atoms with Crippen molar-refractivity contribution in [2.45, 2.75) is 78.1 Å². The molecule has 0 spiro atoms. The van der Waals surface area contributed by atoms with E-state index in [0.29, 0.717) is 23.7 Å². The summed E-state index contributed by atoms with van der Waals surface area (Å²) in [5, 5.41) is 0.587. The smallest absolute Gasteiger partial charge is 0.346 e. The van der Waals surface area contributed by atoms with E-state index in [-0.39, 0.29) is 11.1 Å². The summed E-state index contributed by atoms with van der Waals surface area (Å²) in [4.78, 5) is 12.5. The molecule has 1 aliphatic rings. The van der Waals surface area contributed by atoms with Crippen LogP contribution >= 0.6 is 0 Å². The Hall–Kier alpha value is -2.10. The number of fused-ring (bicyclic) bond motifs is 1. The Morgan fingerprint density at radius 1 is 1.17 bits per heavy atom. The Morgan fingerprint density at radius 3 is 2.60 bits per heavy atom. The van der Waals surface area contributed by atoms with E-state index in [1.807, 2.05) is 13.0 Å². The molecular weight excluding hydrogens is 379 g/mol. The number of aryl methyl sites for hydroxylation is 1. The first-order valence-electron chi connectivity index (χ1n) is 11.6. The van der Waals surface area contributed by atoms with Crippen molar-refractivity contribution in [1.82, 2.24) is 0 Å². The lowest BCUT2D eigenvalue weighted by Crippen LogP contribution is -2.15. The molecule has 3 rings (SSSR count). The lowest BCUT2D eigenvalue weighted by molar-refractivity contribution is 0.250. The molecule has 1 saturated carbocycles. The van der Waals surface area contributed by atoms with E-state index >= 15 is 0 Å². The van der Waals surface area contributed by atoms with Gasteiger partial charge in [-0.25, -0.2) is 9.18 Å². The number of rotatable bonds is 10. The van der Waals surface area contributed by atoms with Gasteiger partial charge in [0.05, 0.1) is 6.61 Å². The molecule has 0 radical (unpaired) electrons. The van der Waals surface area contributed by atoms with Gasteiger partial charge in [-0.1, -0.05) is 57.2 Å². The van der Waals surface area contributed by atoms with Crippen LogP contribution in [0, 0.1) is 17.7 Å². The van der Waals surface area contributed by atoms with Gasteiger partial charge in [0, 0.05) is 6.42 Å². The third-order valence-electron chi connectivity index (χ3n) is 6.38. The topological polar surface area (TPSA) is 39.4 Å². The van der Waals surface area contributed by atoms with Crippen molar-refractivity contribution in [3.05, 3.63) is 52.3 Å². The number of halogens is 1. The van der Waals surface area contributed by atoms with Gasteiger partial charge in [0.25, 0.3) is 0 Å². The molecular formula is C26H35FO3. The quantitative estimate of drug-likeness (QED) is 0.305. The van der Waals surface area contributed by atoms with Crippen molar-refractivity contribution < 1.29 is 13.5 Å². The Balaban J connectivity index is 1.58. The molecule has 4 heteroatoms. The second-order valence-corrected chi connectivity index (χ2v) is 8.62. The molecule has 0 aliphatic heterocycles. The summed E-state index contributed by atoms with van der Waals surface area (Å²) < 4.78 is 25.7. The van der Waals surface area contributed by atoms with Gasteiger partial charge in [-0.2, -0.15) is 0 Å². The van der Waals surface area contributed by atoms with Gasteiger partial charge in [0.2, 0.25) is 0 Å². The van der Waals surface area contributed by atoms with Crippen LogP contribution in [0.5, 0.6) is 5.75 Å². The third kappa shape index (κ3) is 5.96. The Kier molecular flexibility index (Phi) is 8.53. The average molecular weight is 415 g/mol. The van der Waals surface area contributed by atoms with Crippen LogP contribution in [0.3, 0.4) is 0 Å². The highest BCUT2D eigenvalue weighted by atomic mass is 19.1. The molecule has 1 aromatic carbocycles. The van der Waals surface area contributed by atoms with Gasteiger partial charge in [0.15, 0.2) is 11.6 Å². The van der Waals surface area contributed by atoms with Gasteiger partial charge in [-0.3, -0.25) is 0 Å². The van der Waals surface area contributed by atoms with Gasteiger partial charge in [-0.15, -0.1) is 0 Å². The van der Waals surface area contributed by atoms with Crippen LogP contribution in [0.2, 0.25) is 0 Å². The number of benzene rings is 1. The molecule has 164 valence electrons. The van der Waals surface area contributed by atoms with Gasteiger partial charge in [-0.05, 0) is 62.0 Å². The maximum Gasteiger partial charge on any atom is 0.346 e. The maximum atomic E-state index is 14.7. The molecule has 0 N–H and O–H groups in total. The van der Waals surface area contributed by atoms with Gasteiger partial charge in [0.1, 0.15) is 11.1 Å². The summed E-state index contributed by atoms with van der Waals surface area (Å²) in [5.41, 5.74) is -0.603. The molecule has 0 atom stereocenters. The van der Waals surface area contributed by atoms with Crippen molar-refractivity contribution >= 4 is 10.8 Å². The number of hydrogen-bond acceptors (Lipinski definition) is 3. The fraction of sp³-hybridized carbons (Fsp3) is 0.577. The first-order valence-corrected chi connectivity index (χ1v) is 11.6. The number of hydrogen-bond donors (Lipinski definition) is 0. The van der Waals surface area contributed by atoms with Crippen molar-refractivity contribution in [3.8, 4) is 5.75 Å². The Bertz CT molecular complexity index is 891. The minimum absolute atomic E-state index is 0.00520. The van der Waals surface area contributed by atoms with Crippen LogP contribution in [0.25, 0.3) is 10.8 Å². The van der Waals surface area contributed by atoms with Gasteiger partial charge < -0.3 is 9.15 Å². The van der Waals surface area contributed by atoms with Crippen LogP contribution in [-0.4, -0.2) is 6.61 Å². The predicted octanol–water partition coefficient (Wildman–Crippen LogP) is 7.21. The standard InChI is InChI=1S/C26H35FO3/c1-3-5-7-8-19-9-11-20(12-10-19)13-15-22-18-21-14-16-23(29-17-6-4-2)25(27)24(21)26(28)30-22/h3,5,14,16,18-20H,4,6-13,15,17H2,1-2H3/b5-3+. The highest BCUT2D eigenvalue weighted by molar-refractivity contribution is 5.83. The van der Waals surface area contributed by atoms with E-state index in [0.717, 1.165) is 31.6 Å². The van der Waals surface area contributed by atoms with Crippen molar-refractivity contribution in [3.63, 3.8) is 0 Å². The Morgan fingerprint density at radius 2 is 1.90 bits per heavy atom. The van der Waals surface area contributed by atoms with Crippen molar-refractivity contribution in [1.29, 1.82) is 0 Å². The number of ether oxygens (including phenoxy) is 1. The van der Waals surface area contributed by atoms with Crippen molar-refractivity contribution in [2.75, 3.05) is 6.61 Å². The lowest BCUT2D eigenvalue weighted by Gasteiger charge is -2.28. The van der Waals surface area contributed by atoms with Crippen LogP contribution in [-0.2, 0) is 6.42 Å². The third-order valence-corrected chi connectivity index (χ3v) is 6.38. The normalized spacial score (nSPS) is 19.6. The summed E-state index contributed by atoms with van der Waals surface area (Å²) in [6.07, 6.45) is 15.6. The molecule has 1 fully saturated rings. The average Bonchev–Trinajstić information content (AvgIpc) is 2.75. The Labute approximate surface area is 179 Å². The molecule has 0 unspecified atom stereocenters. The molecule has 0 amide bonds. The van der Waals surface area contributed by atoms with Crippen LogP contribution in [0.15, 0.2) is 39.6 Å². The number of unbranched alkanes of at least 4 members (excludes halogenated alkanes) is 1. The molecule has 0 bridgehead atoms. The minimum Gasteiger partial charge on any atom is -0.490 e. The van der Waals surface area contributed by atoms with E-state index in [4.69, 9.17) is 9.15 Å². The molecule has 3 nitrogen and oxygen atoms in total. The summed E-state index contributed by atoms with van der Waals surface area (Å²) in [5.74, 6) is 1.71. The summed E-state index contributed by atoms with van der Waals surface area (Å²) in [6, 6.07) is 5.19. The van der Waals surface area contributed by atoms with E-state index in [9.17, 15) is 9.18 Å². The zero-order valence-electron chi connectivity index (χ0n) is 18.4. The summed E-state index contributed by atoms with van der Waals surface area (Å²) in [6.45, 7) is 4.57. The fourth-order valence-electron chi connectivity index (χ4n) is 4.49. The molecule has 30 heavy (non-hydrogen) atoms. The second kappa shape index (κ2) is 11.3. The molecule has 1 heterocycles. The highest BCUT2D eigenvalue weighted by Crippen LogP contribution is 2.34. The van der Waals surface area contributed by atoms with Crippen LogP contribution in [0.4, 0.5) is 4.39 Å². The lowest BCUT2D eigenvalue weighted by atomic mass is 9.78. The monoisotopic (exact) mass is 414 g/mol.